The third kappa shape index (κ3) is 5.11. The zero-order chi connectivity index (χ0) is 21.9. The number of halogens is 6. The van der Waals surface area contributed by atoms with Crippen LogP contribution in [0.25, 0.3) is 11.3 Å². The van der Waals surface area contributed by atoms with Crippen LogP contribution in [0.3, 0.4) is 0 Å². The van der Waals surface area contributed by atoms with Gasteiger partial charge >= 0.3 is 12.4 Å². The fraction of sp³-hybridized carbons (Fsp3) is 0.200. The molecule has 0 radical (unpaired) electrons. The van der Waals surface area contributed by atoms with Crippen LogP contribution >= 0.6 is 0 Å². The van der Waals surface area contributed by atoms with E-state index in [4.69, 9.17) is 9.68 Å². The minimum atomic E-state index is -4.89. The highest BCUT2D eigenvalue weighted by molar-refractivity contribution is 5.58. The molecule has 0 aliphatic carbocycles. The summed E-state index contributed by atoms with van der Waals surface area (Å²) in [5.41, 5.74) is -1.30. The standard InChI is InChI=1S/C20H13F6N3O/c21-19(22,23)12-29(15-7-6-14(9-27)16(8-15)20(24,25)26)10-18-28-17(11-30-18)13-4-2-1-3-5-13/h1-8,11H,10,12H2. The molecule has 0 aliphatic heterocycles. The van der Waals surface area contributed by atoms with Crippen molar-refractivity contribution in [2.24, 2.45) is 0 Å². The van der Waals surface area contributed by atoms with E-state index in [0.29, 0.717) is 22.2 Å². The van der Waals surface area contributed by atoms with E-state index in [1.807, 2.05) is 0 Å². The van der Waals surface area contributed by atoms with Crippen LogP contribution < -0.4 is 4.90 Å². The molecule has 30 heavy (non-hydrogen) atoms. The Morgan fingerprint density at radius 2 is 1.70 bits per heavy atom. The number of benzene rings is 2. The van der Waals surface area contributed by atoms with E-state index in [1.165, 1.54) is 12.3 Å². The fourth-order valence-electron chi connectivity index (χ4n) is 2.80. The summed E-state index contributed by atoms with van der Waals surface area (Å²) in [6.07, 6.45) is -8.33. The second-order valence-corrected chi connectivity index (χ2v) is 6.30. The van der Waals surface area contributed by atoms with Crippen LogP contribution in [-0.4, -0.2) is 17.7 Å². The molecule has 3 rings (SSSR count). The van der Waals surface area contributed by atoms with Gasteiger partial charge in [0.1, 0.15) is 18.5 Å². The Labute approximate surface area is 167 Å². The van der Waals surface area contributed by atoms with Crippen molar-refractivity contribution in [1.82, 2.24) is 4.98 Å². The van der Waals surface area contributed by atoms with Crippen LogP contribution in [0.15, 0.2) is 59.2 Å². The molecule has 156 valence electrons. The number of aromatic nitrogens is 1. The fourth-order valence-corrected chi connectivity index (χ4v) is 2.80. The highest BCUT2D eigenvalue weighted by Crippen LogP contribution is 2.35. The molecule has 1 heterocycles. The average molecular weight is 425 g/mol. The Morgan fingerprint density at radius 1 is 1.00 bits per heavy atom. The van der Waals surface area contributed by atoms with Crippen LogP contribution in [0.2, 0.25) is 0 Å². The van der Waals surface area contributed by atoms with Crippen LogP contribution in [0.4, 0.5) is 32.0 Å². The van der Waals surface area contributed by atoms with Crippen molar-refractivity contribution in [2.45, 2.75) is 18.9 Å². The molecule has 0 amide bonds. The molecule has 0 unspecified atom stereocenters. The first-order chi connectivity index (χ1) is 14.1. The molecule has 0 saturated carbocycles. The predicted octanol–water partition coefficient (Wildman–Crippen LogP) is 5.80. The summed E-state index contributed by atoms with van der Waals surface area (Å²) in [6, 6.07) is 12.5. The van der Waals surface area contributed by atoms with E-state index in [9.17, 15) is 26.3 Å². The lowest BCUT2D eigenvalue weighted by atomic mass is 10.1. The molecule has 0 fully saturated rings. The summed E-state index contributed by atoms with van der Waals surface area (Å²) in [5.74, 6) is -0.101. The highest BCUT2D eigenvalue weighted by atomic mass is 19.4. The molecule has 0 atom stereocenters. The van der Waals surface area contributed by atoms with Gasteiger partial charge in [0.25, 0.3) is 0 Å². The Hall–Kier alpha value is -3.48. The van der Waals surface area contributed by atoms with Crippen molar-refractivity contribution in [3.05, 3.63) is 71.8 Å². The van der Waals surface area contributed by atoms with Gasteiger partial charge in [0.05, 0.1) is 23.7 Å². The van der Waals surface area contributed by atoms with Crippen molar-refractivity contribution in [3.63, 3.8) is 0 Å². The van der Waals surface area contributed by atoms with Gasteiger partial charge in [-0.15, -0.1) is 0 Å². The number of anilines is 1. The van der Waals surface area contributed by atoms with E-state index in [0.717, 1.165) is 12.1 Å². The molecule has 3 aromatic rings. The first kappa shape index (κ1) is 21.2. The summed E-state index contributed by atoms with van der Waals surface area (Å²) in [7, 11) is 0. The maximum Gasteiger partial charge on any atom is 0.417 e. The van der Waals surface area contributed by atoms with E-state index in [1.54, 1.807) is 30.3 Å². The van der Waals surface area contributed by atoms with E-state index >= 15 is 0 Å². The van der Waals surface area contributed by atoms with E-state index in [2.05, 4.69) is 4.98 Å². The number of nitrogens with zero attached hydrogens (tertiary/aromatic N) is 3. The topological polar surface area (TPSA) is 53.1 Å². The molecular formula is C20H13F6N3O. The molecule has 10 heteroatoms. The van der Waals surface area contributed by atoms with Crippen LogP contribution in [0.1, 0.15) is 17.0 Å². The zero-order valence-electron chi connectivity index (χ0n) is 15.1. The lowest BCUT2D eigenvalue weighted by Gasteiger charge is -2.25. The Balaban J connectivity index is 1.95. The molecule has 2 aromatic carbocycles. The number of hydrogen-bond acceptors (Lipinski definition) is 4. The number of rotatable bonds is 5. The van der Waals surface area contributed by atoms with Crippen molar-refractivity contribution >= 4 is 5.69 Å². The molecule has 0 N–H and O–H groups in total. The SMILES string of the molecule is N#Cc1ccc(N(Cc2nc(-c3ccccc3)co2)CC(F)(F)F)cc1C(F)(F)F. The molecule has 1 aromatic heterocycles. The van der Waals surface area contributed by atoms with Gasteiger partial charge in [0, 0.05) is 11.3 Å². The number of nitriles is 1. The minimum Gasteiger partial charge on any atom is -0.446 e. The van der Waals surface area contributed by atoms with Gasteiger partial charge in [-0.3, -0.25) is 0 Å². The Bertz CT molecular complexity index is 1050. The molecule has 0 aliphatic rings. The monoisotopic (exact) mass is 425 g/mol. The van der Waals surface area contributed by atoms with Gasteiger partial charge in [0.2, 0.25) is 5.89 Å². The highest BCUT2D eigenvalue weighted by Gasteiger charge is 2.36. The summed E-state index contributed by atoms with van der Waals surface area (Å²) in [5, 5.41) is 8.88. The molecule has 0 bridgehead atoms. The number of hydrogen-bond donors (Lipinski definition) is 0. The summed E-state index contributed by atoms with van der Waals surface area (Å²) >= 11 is 0. The normalized spacial score (nSPS) is 11.9. The second-order valence-electron chi connectivity index (χ2n) is 6.30. The maximum absolute atomic E-state index is 13.2. The largest absolute Gasteiger partial charge is 0.446 e. The van der Waals surface area contributed by atoms with Crippen LogP contribution in [0.5, 0.6) is 0 Å². The molecule has 0 spiro atoms. The van der Waals surface area contributed by atoms with Gasteiger partial charge in [-0.2, -0.15) is 31.6 Å². The quantitative estimate of drug-likeness (QED) is 0.485. The molecule has 0 saturated heterocycles. The Morgan fingerprint density at radius 3 is 2.30 bits per heavy atom. The third-order valence-corrected chi connectivity index (χ3v) is 4.11. The number of oxazole rings is 1. The molecule has 4 nitrogen and oxygen atoms in total. The van der Waals surface area contributed by atoms with E-state index in [-0.39, 0.29) is 11.6 Å². The van der Waals surface area contributed by atoms with Gasteiger partial charge in [-0.05, 0) is 18.2 Å². The number of alkyl halides is 6. The van der Waals surface area contributed by atoms with E-state index < -0.39 is 36.6 Å². The van der Waals surface area contributed by atoms with Gasteiger partial charge in [-0.25, -0.2) is 4.98 Å². The lowest BCUT2D eigenvalue weighted by molar-refractivity contribution is -0.137. The summed E-state index contributed by atoms with van der Waals surface area (Å²) < 4.78 is 84.1. The van der Waals surface area contributed by atoms with Crippen LogP contribution in [0, 0.1) is 11.3 Å². The maximum atomic E-state index is 13.2. The second kappa shape index (κ2) is 8.10. The van der Waals surface area contributed by atoms with Gasteiger partial charge in [0.15, 0.2) is 0 Å². The summed E-state index contributed by atoms with van der Waals surface area (Å²) in [4.78, 5) is 4.79. The predicted molar refractivity (Wildman–Crippen MR) is 95.2 cm³/mol. The average Bonchev–Trinajstić information content (AvgIpc) is 3.14. The van der Waals surface area contributed by atoms with Crippen LogP contribution in [-0.2, 0) is 12.7 Å². The first-order valence-electron chi connectivity index (χ1n) is 8.50. The Kier molecular flexibility index (Phi) is 5.73. The van der Waals surface area contributed by atoms with Crippen molar-refractivity contribution in [1.29, 1.82) is 5.26 Å². The smallest absolute Gasteiger partial charge is 0.417 e. The minimum absolute atomic E-state index is 0.101. The summed E-state index contributed by atoms with van der Waals surface area (Å²) in [6.45, 7) is -2.05. The first-order valence-corrected chi connectivity index (χ1v) is 8.50. The van der Waals surface area contributed by atoms with Gasteiger partial charge < -0.3 is 9.32 Å². The zero-order valence-corrected chi connectivity index (χ0v) is 15.1. The van der Waals surface area contributed by atoms with Crippen molar-refractivity contribution in [2.75, 3.05) is 11.4 Å². The lowest BCUT2D eigenvalue weighted by Crippen LogP contribution is -2.34. The van der Waals surface area contributed by atoms with Gasteiger partial charge in [-0.1, -0.05) is 30.3 Å². The molecular weight excluding hydrogens is 412 g/mol. The van der Waals surface area contributed by atoms with Crippen molar-refractivity contribution < 1.29 is 30.8 Å². The van der Waals surface area contributed by atoms with Crippen molar-refractivity contribution in [3.8, 4) is 17.3 Å². The third-order valence-electron chi connectivity index (χ3n) is 4.11.